The molecule has 1 aromatic heterocycles. The average Bonchev–Trinajstić information content (AvgIpc) is 2.96. The molecule has 0 atom stereocenters. The molecule has 0 saturated carbocycles. The molecule has 7 nitrogen and oxygen atoms in total. The number of aromatic nitrogens is 3. The van der Waals surface area contributed by atoms with Gasteiger partial charge in [0.05, 0.1) is 5.75 Å². The molecule has 0 radical (unpaired) electrons. The van der Waals surface area contributed by atoms with E-state index in [-0.39, 0.29) is 11.8 Å². The minimum absolute atomic E-state index is 0.0431. The summed E-state index contributed by atoms with van der Waals surface area (Å²) in [5.74, 6) is 0.290. The van der Waals surface area contributed by atoms with Gasteiger partial charge in [-0.3, -0.25) is 14.7 Å². The Balaban J connectivity index is 2.07. The zero-order valence-corrected chi connectivity index (χ0v) is 16.1. The van der Waals surface area contributed by atoms with Crippen LogP contribution in [0.5, 0.6) is 0 Å². The van der Waals surface area contributed by atoms with Crippen LogP contribution in [0.25, 0.3) is 11.4 Å². The summed E-state index contributed by atoms with van der Waals surface area (Å²) >= 11 is 7.12. The number of imide groups is 1. The van der Waals surface area contributed by atoms with Gasteiger partial charge in [0.1, 0.15) is 0 Å². The summed E-state index contributed by atoms with van der Waals surface area (Å²) in [5.41, 5.74) is 0.858. The Labute approximate surface area is 161 Å². The monoisotopic (exact) mass is 393 g/mol. The second kappa shape index (κ2) is 9.40. The van der Waals surface area contributed by atoms with E-state index in [1.54, 1.807) is 18.2 Å². The lowest BCUT2D eigenvalue weighted by Gasteiger charge is -2.09. The van der Waals surface area contributed by atoms with Crippen LogP contribution in [-0.2, 0) is 11.3 Å². The predicted octanol–water partition coefficient (Wildman–Crippen LogP) is 3.11. The molecular formula is C17H20ClN5O2S. The first-order valence-corrected chi connectivity index (χ1v) is 9.30. The fraction of sp³-hybridized carbons (Fsp3) is 0.294. The van der Waals surface area contributed by atoms with Crippen molar-refractivity contribution in [3.05, 3.63) is 41.9 Å². The van der Waals surface area contributed by atoms with Gasteiger partial charge in [-0.2, -0.15) is 0 Å². The van der Waals surface area contributed by atoms with E-state index in [1.165, 1.54) is 11.8 Å². The molecule has 0 aliphatic rings. The maximum atomic E-state index is 11.9. The number of benzene rings is 1. The number of nitrogens with zero attached hydrogens (tertiary/aromatic N) is 3. The molecule has 9 heteroatoms. The molecular weight excluding hydrogens is 374 g/mol. The minimum Gasteiger partial charge on any atom is -0.336 e. The van der Waals surface area contributed by atoms with E-state index in [4.69, 9.17) is 11.6 Å². The molecule has 0 fully saturated rings. The smallest absolute Gasteiger partial charge is 0.321 e. The number of halogens is 1. The molecule has 1 aromatic carbocycles. The van der Waals surface area contributed by atoms with E-state index in [1.807, 2.05) is 30.5 Å². The molecule has 0 bridgehead atoms. The van der Waals surface area contributed by atoms with E-state index in [2.05, 4.69) is 27.4 Å². The number of amides is 3. The highest BCUT2D eigenvalue weighted by atomic mass is 35.5. The van der Waals surface area contributed by atoms with Crippen molar-refractivity contribution in [2.75, 3.05) is 5.75 Å². The summed E-state index contributed by atoms with van der Waals surface area (Å²) in [6, 6.07) is 6.69. The Kier molecular flexibility index (Phi) is 7.23. The molecule has 1 heterocycles. The lowest BCUT2D eigenvalue weighted by Crippen LogP contribution is -2.43. The Hall–Kier alpha value is -2.32. The standard InChI is InChI=1S/C17H20ClN5O2S/c1-4-9-23-15(12-5-7-13(18)8-6-12)21-22-17(23)26-10-14(24)20-16(25)19-11(2)3/h4-8,11H,1,9-10H2,2-3H3,(H2,19,20,24,25). The highest BCUT2D eigenvalue weighted by molar-refractivity contribution is 7.99. The van der Waals surface area contributed by atoms with Crippen molar-refractivity contribution in [2.24, 2.45) is 0 Å². The Morgan fingerprint density at radius 1 is 1.31 bits per heavy atom. The van der Waals surface area contributed by atoms with Crippen LogP contribution in [0.3, 0.4) is 0 Å². The number of thioether (sulfide) groups is 1. The van der Waals surface area contributed by atoms with Gasteiger partial charge in [-0.15, -0.1) is 16.8 Å². The minimum atomic E-state index is -0.514. The number of nitrogens with one attached hydrogen (secondary N) is 2. The molecule has 0 saturated heterocycles. The predicted molar refractivity (Wildman–Crippen MR) is 103 cm³/mol. The topological polar surface area (TPSA) is 88.9 Å². The van der Waals surface area contributed by atoms with Gasteiger partial charge in [-0.25, -0.2) is 4.79 Å². The molecule has 0 unspecified atom stereocenters. The third-order valence-electron chi connectivity index (χ3n) is 3.14. The number of hydrogen-bond donors (Lipinski definition) is 2. The van der Waals surface area contributed by atoms with E-state index in [9.17, 15) is 9.59 Å². The highest BCUT2D eigenvalue weighted by Crippen LogP contribution is 2.25. The Morgan fingerprint density at radius 3 is 2.62 bits per heavy atom. The Morgan fingerprint density at radius 2 is 2.00 bits per heavy atom. The normalized spacial score (nSPS) is 10.6. The summed E-state index contributed by atoms with van der Waals surface area (Å²) in [6.07, 6.45) is 1.73. The lowest BCUT2D eigenvalue weighted by atomic mass is 10.2. The average molecular weight is 394 g/mol. The van der Waals surface area contributed by atoms with Crippen LogP contribution in [0.4, 0.5) is 4.79 Å². The van der Waals surface area contributed by atoms with Crippen molar-refractivity contribution in [1.29, 1.82) is 0 Å². The molecule has 26 heavy (non-hydrogen) atoms. The fourth-order valence-electron chi connectivity index (χ4n) is 2.09. The van der Waals surface area contributed by atoms with Crippen LogP contribution < -0.4 is 10.6 Å². The summed E-state index contributed by atoms with van der Waals surface area (Å²) < 4.78 is 1.85. The zero-order chi connectivity index (χ0) is 19.1. The first-order valence-electron chi connectivity index (χ1n) is 7.94. The summed E-state index contributed by atoms with van der Waals surface area (Å²) in [4.78, 5) is 23.5. The van der Waals surface area contributed by atoms with Crippen LogP contribution in [0, 0.1) is 0 Å². The van der Waals surface area contributed by atoms with Gasteiger partial charge in [0.15, 0.2) is 11.0 Å². The molecule has 2 aromatic rings. The second-order valence-electron chi connectivity index (χ2n) is 5.68. The van der Waals surface area contributed by atoms with Gasteiger partial charge < -0.3 is 5.32 Å². The number of hydrogen-bond acceptors (Lipinski definition) is 5. The molecule has 0 aliphatic heterocycles. The quantitative estimate of drug-likeness (QED) is 0.557. The maximum absolute atomic E-state index is 11.9. The van der Waals surface area contributed by atoms with Crippen LogP contribution in [-0.4, -0.2) is 38.5 Å². The number of rotatable bonds is 7. The first-order chi connectivity index (χ1) is 12.4. The van der Waals surface area contributed by atoms with Crippen molar-refractivity contribution in [3.63, 3.8) is 0 Å². The zero-order valence-electron chi connectivity index (χ0n) is 14.5. The number of carbonyl (C=O) groups excluding carboxylic acids is 2. The summed E-state index contributed by atoms with van der Waals surface area (Å²) in [7, 11) is 0. The largest absolute Gasteiger partial charge is 0.336 e. The van der Waals surface area contributed by atoms with Crippen molar-refractivity contribution >= 4 is 35.3 Å². The van der Waals surface area contributed by atoms with E-state index in [0.29, 0.717) is 22.5 Å². The van der Waals surface area contributed by atoms with Crippen molar-refractivity contribution in [3.8, 4) is 11.4 Å². The van der Waals surface area contributed by atoms with Crippen LogP contribution in [0.2, 0.25) is 5.02 Å². The lowest BCUT2D eigenvalue weighted by molar-refractivity contribution is -0.117. The second-order valence-corrected chi connectivity index (χ2v) is 7.06. The van der Waals surface area contributed by atoms with Crippen LogP contribution >= 0.6 is 23.4 Å². The van der Waals surface area contributed by atoms with Gasteiger partial charge in [0.2, 0.25) is 5.91 Å². The summed E-state index contributed by atoms with van der Waals surface area (Å²) in [5, 5.41) is 14.4. The van der Waals surface area contributed by atoms with Gasteiger partial charge in [-0.05, 0) is 38.1 Å². The number of carbonyl (C=O) groups is 2. The van der Waals surface area contributed by atoms with E-state index >= 15 is 0 Å². The maximum Gasteiger partial charge on any atom is 0.321 e. The van der Waals surface area contributed by atoms with Crippen LogP contribution in [0.15, 0.2) is 42.1 Å². The third kappa shape index (κ3) is 5.60. The molecule has 0 spiro atoms. The molecule has 2 rings (SSSR count). The third-order valence-corrected chi connectivity index (χ3v) is 4.35. The van der Waals surface area contributed by atoms with Crippen molar-refractivity contribution in [2.45, 2.75) is 31.6 Å². The van der Waals surface area contributed by atoms with Gasteiger partial charge in [0, 0.05) is 23.2 Å². The van der Waals surface area contributed by atoms with Gasteiger partial charge >= 0.3 is 6.03 Å². The Bertz CT molecular complexity index is 789. The molecule has 2 N–H and O–H groups in total. The summed E-state index contributed by atoms with van der Waals surface area (Å²) in [6.45, 7) is 7.87. The number of allylic oxidation sites excluding steroid dienone is 1. The molecule has 3 amide bonds. The van der Waals surface area contributed by atoms with Gasteiger partial charge in [-0.1, -0.05) is 29.4 Å². The highest BCUT2D eigenvalue weighted by Gasteiger charge is 2.16. The SMILES string of the molecule is C=CCn1c(SCC(=O)NC(=O)NC(C)C)nnc1-c1ccc(Cl)cc1. The van der Waals surface area contributed by atoms with Crippen LogP contribution in [0.1, 0.15) is 13.8 Å². The first kappa shape index (κ1) is 20.0. The van der Waals surface area contributed by atoms with E-state index < -0.39 is 11.9 Å². The van der Waals surface area contributed by atoms with Crippen molar-refractivity contribution in [1.82, 2.24) is 25.4 Å². The van der Waals surface area contributed by atoms with Gasteiger partial charge in [0.25, 0.3) is 0 Å². The number of urea groups is 1. The molecule has 138 valence electrons. The fourth-order valence-corrected chi connectivity index (χ4v) is 2.97. The van der Waals surface area contributed by atoms with E-state index in [0.717, 1.165) is 5.56 Å². The molecule has 0 aliphatic carbocycles. The van der Waals surface area contributed by atoms with Crippen molar-refractivity contribution < 1.29 is 9.59 Å².